The van der Waals surface area contributed by atoms with E-state index in [0.29, 0.717) is 0 Å². The van der Waals surface area contributed by atoms with E-state index in [0.717, 1.165) is 18.2 Å². The van der Waals surface area contributed by atoms with E-state index in [9.17, 15) is 27.9 Å². The van der Waals surface area contributed by atoms with Gasteiger partial charge >= 0.3 is 12.1 Å². The number of aromatic nitrogens is 1. The number of rotatable bonds is 5. The first kappa shape index (κ1) is 21.7. The molecule has 0 aliphatic carbocycles. The number of hydrogen-bond donors (Lipinski definition) is 2. The van der Waals surface area contributed by atoms with Crippen molar-refractivity contribution in [1.82, 2.24) is 4.98 Å². The average molecular weight is 440 g/mol. The second-order valence-electron chi connectivity index (χ2n) is 6.53. The summed E-state index contributed by atoms with van der Waals surface area (Å²) in [4.78, 5) is 27.1. The van der Waals surface area contributed by atoms with Gasteiger partial charge in [-0.25, -0.2) is 0 Å². The molecule has 0 aliphatic heterocycles. The van der Waals surface area contributed by atoms with Crippen molar-refractivity contribution in [3.05, 3.63) is 62.9 Å². The standard InChI is InChI=1S/C21H17ClF3NO4/c1-2-30-18(28)8-5-13-19(15-10-12(22)4-7-17(15)27)14-9-11(21(23,24)25)3-6-16(14)26-20(13)29/h3-4,6-7,9-10,27H,2,5,8H2,1H3,(H,26,29). The number of hydrogen-bond acceptors (Lipinski definition) is 4. The summed E-state index contributed by atoms with van der Waals surface area (Å²) in [5.74, 6) is -0.816. The quantitative estimate of drug-likeness (QED) is 0.544. The number of phenolic OH excluding ortho intramolecular Hbond substituents is 1. The molecule has 0 saturated heterocycles. The van der Waals surface area contributed by atoms with E-state index < -0.39 is 23.3 Å². The summed E-state index contributed by atoms with van der Waals surface area (Å²) >= 11 is 6.03. The summed E-state index contributed by atoms with van der Waals surface area (Å²) < 4.78 is 44.8. The van der Waals surface area contributed by atoms with Crippen LogP contribution in [0.2, 0.25) is 5.02 Å². The van der Waals surface area contributed by atoms with Gasteiger partial charge in [0, 0.05) is 39.0 Å². The summed E-state index contributed by atoms with van der Waals surface area (Å²) in [7, 11) is 0. The molecule has 5 nitrogen and oxygen atoms in total. The highest BCUT2D eigenvalue weighted by atomic mass is 35.5. The highest BCUT2D eigenvalue weighted by Gasteiger charge is 2.31. The number of halogens is 4. The van der Waals surface area contributed by atoms with Gasteiger partial charge in [0.25, 0.3) is 5.56 Å². The number of fused-ring (bicyclic) bond motifs is 1. The highest BCUT2D eigenvalue weighted by Crippen LogP contribution is 2.39. The number of alkyl halides is 3. The van der Waals surface area contributed by atoms with Crippen molar-refractivity contribution in [2.45, 2.75) is 25.9 Å². The lowest BCUT2D eigenvalue weighted by atomic mass is 9.92. The molecule has 2 aromatic carbocycles. The molecule has 0 aliphatic rings. The molecule has 2 N–H and O–H groups in total. The van der Waals surface area contributed by atoms with E-state index in [2.05, 4.69) is 4.98 Å². The van der Waals surface area contributed by atoms with Gasteiger partial charge in [-0.15, -0.1) is 0 Å². The van der Waals surface area contributed by atoms with Crippen LogP contribution in [0.3, 0.4) is 0 Å². The van der Waals surface area contributed by atoms with Crippen molar-refractivity contribution in [3.63, 3.8) is 0 Å². The van der Waals surface area contributed by atoms with E-state index in [1.54, 1.807) is 6.92 Å². The minimum Gasteiger partial charge on any atom is -0.507 e. The first-order valence-corrected chi connectivity index (χ1v) is 9.40. The second kappa shape index (κ2) is 8.39. The Morgan fingerprint density at radius 3 is 2.60 bits per heavy atom. The molecule has 0 unspecified atom stereocenters. The molecule has 0 spiro atoms. The minimum absolute atomic E-state index is 0.0486. The van der Waals surface area contributed by atoms with Crippen LogP contribution in [-0.2, 0) is 22.1 Å². The molecular formula is C21H17ClF3NO4. The van der Waals surface area contributed by atoms with Crippen LogP contribution in [0, 0.1) is 0 Å². The van der Waals surface area contributed by atoms with Gasteiger partial charge in [-0.2, -0.15) is 13.2 Å². The number of phenols is 1. The Hall–Kier alpha value is -3.00. The Labute approximate surface area is 174 Å². The lowest BCUT2D eigenvalue weighted by Gasteiger charge is -2.16. The number of nitrogens with one attached hydrogen (secondary N) is 1. The largest absolute Gasteiger partial charge is 0.507 e. The van der Waals surface area contributed by atoms with Gasteiger partial charge in [-0.1, -0.05) is 11.6 Å². The number of aromatic amines is 1. The van der Waals surface area contributed by atoms with E-state index in [1.165, 1.54) is 18.2 Å². The Morgan fingerprint density at radius 2 is 1.93 bits per heavy atom. The molecule has 158 valence electrons. The van der Waals surface area contributed by atoms with Gasteiger partial charge in [0.15, 0.2) is 0 Å². The van der Waals surface area contributed by atoms with E-state index >= 15 is 0 Å². The van der Waals surface area contributed by atoms with Gasteiger partial charge in [0.05, 0.1) is 12.2 Å². The van der Waals surface area contributed by atoms with Crippen LogP contribution >= 0.6 is 11.6 Å². The Bertz CT molecular complexity index is 1170. The topological polar surface area (TPSA) is 79.4 Å². The Morgan fingerprint density at radius 1 is 1.20 bits per heavy atom. The highest BCUT2D eigenvalue weighted by molar-refractivity contribution is 6.31. The van der Waals surface area contributed by atoms with Crippen molar-refractivity contribution in [3.8, 4) is 16.9 Å². The predicted molar refractivity (Wildman–Crippen MR) is 107 cm³/mol. The molecule has 3 aromatic rings. The number of ether oxygens (including phenoxy) is 1. The average Bonchev–Trinajstić information content (AvgIpc) is 2.67. The molecule has 0 radical (unpaired) electrons. The van der Waals surface area contributed by atoms with Crippen molar-refractivity contribution in [2.24, 2.45) is 0 Å². The van der Waals surface area contributed by atoms with Crippen LogP contribution in [0.5, 0.6) is 5.75 Å². The maximum Gasteiger partial charge on any atom is 0.416 e. The molecule has 30 heavy (non-hydrogen) atoms. The van der Waals surface area contributed by atoms with Crippen molar-refractivity contribution >= 4 is 28.5 Å². The van der Waals surface area contributed by atoms with Gasteiger partial charge in [-0.3, -0.25) is 9.59 Å². The summed E-state index contributed by atoms with van der Waals surface area (Å²) in [6, 6.07) is 6.97. The van der Waals surface area contributed by atoms with Gasteiger partial charge in [0.2, 0.25) is 0 Å². The smallest absolute Gasteiger partial charge is 0.416 e. The normalized spacial score (nSPS) is 11.6. The zero-order chi connectivity index (χ0) is 22.1. The third kappa shape index (κ3) is 4.43. The van der Waals surface area contributed by atoms with Crippen LogP contribution in [-0.4, -0.2) is 22.7 Å². The Balaban J connectivity index is 2.32. The summed E-state index contributed by atoms with van der Waals surface area (Å²) in [5, 5.41) is 10.7. The molecule has 0 atom stereocenters. The fraction of sp³-hybridized carbons (Fsp3) is 0.238. The van der Waals surface area contributed by atoms with E-state index in [1.807, 2.05) is 0 Å². The summed E-state index contributed by atoms with van der Waals surface area (Å²) in [6.07, 6.45) is -4.86. The number of pyridine rings is 1. The molecular weight excluding hydrogens is 423 g/mol. The number of aromatic hydroxyl groups is 1. The van der Waals surface area contributed by atoms with Crippen LogP contribution in [0.25, 0.3) is 22.0 Å². The zero-order valence-corrected chi connectivity index (χ0v) is 16.5. The van der Waals surface area contributed by atoms with Crippen LogP contribution in [0.15, 0.2) is 41.2 Å². The third-order valence-electron chi connectivity index (χ3n) is 4.55. The maximum absolute atomic E-state index is 13.3. The van der Waals surface area contributed by atoms with E-state index in [-0.39, 0.29) is 57.8 Å². The maximum atomic E-state index is 13.3. The van der Waals surface area contributed by atoms with Crippen LogP contribution < -0.4 is 5.56 Å². The van der Waals surface area contributed by atoms with Crippen LogP contribution in [0.1, 0.15) is 24.5 Å². The minimum atomic E-state index is -4.61. The molecule has 3 rings (SSSR count). The lowest BCUT2D eigenvalue weighted by molar-refractivity contribution is -0.143. The SMILES string of the molecule is CCOC(=O)CCc1c(-c2cc(Cl)ccc2O)c2cc(C(F)(F)F)ccc2[nH]c1=O. The van der Waals surface area contributed by atoms with E-state index in [4.69, 9.17) is 16.3 Å². The predicted octanol–water partition coefficient (Wildman–Crippen LogP) is 5.07. The monoisotopic (exact) mass is 439 g/mol. The van der Waals surface area contributed by atoms with Gasteiger partial charge in [-0.05, 0) is 49.7 Å². The molecule has 0 bridgehead atoms. The molecule has 0 fully saturated rings. The van der Waals surface area contributed by atoms with Gasteiger partial charge in [0.1, 0.15) is 5.75 Å². The first-order chi connectivity index (χ1) is 14.1. The molecule has 9 heteroatoms. The molecule has 1 heterocycles. The van der Waals surface area contributed by atoms with Crippen LogP contribution in [0.4, 0.5) is 13.2 Å². The number of H-pyrrole nitrogens is 1. The van der Waals surface area contributed by atoms with Crippen molar-refractivity contribution in [1.29, 1.82) is 0 Å². The molecule has 0 saturated carbocycles. The Kier molecular flexibility index (Phi) is 6.07. The summed E-state index contributed by atoms with van der Waals surface area (Å²) in [6.45, 7) is 1.79. The van der Waals surface area contributed by atoms with Crippen molar-refractivity contribution in [2.75, 3.05) is 6.61 Å². The second-order valence-corrected chi connectivity index (χ2v) is 6.97. The van der Waals surface area contributed by atoms with Gasteiger partial charge < -0.3 is 14.8 Å². The first-order valence-electron chi connectivity index (χ1n) is 9.02. The third-order valence-corrected chi connectivity index (χ3v) is 4.79. The number of esters is 1. The summed E-state index contributed by atoms with van der Waals surface area (Å²) in [5.41, 5.74) is -1.11. The lowest BCUT2D eigenvalue weighted by Crippen LogP contribution is -2.17. The molecule has 0 amide bonds. The number of benzene rings is 2. The fourth-order valence-corrected chi connectivity index (χ4v) is 3.40. The number of carbonyl (C=O) groups excluding carboxylic acids is 1. The fourth-order valence-electron chi connectivity index (χ4n) is 3.23. The number of carbonyl (C=O) groups is 1. The van der Waals surface area contributed by atoms with Crippen molar-refractivity contribution < 1.29 is 27.8 Å². The molecule has 1 aromatic heterocycles. The zero-order valence-electron chi connectivity index (χ0n) is 15.8.